The van der Waals surface area contributed by atoms with Crippen LogP contribution in [0.15, 0.2) is 79.4 Å². The monoisotopic (exact) mass is 292 g/mol. The molecule has 3 heteroatoms. The van der Waals surface area contributed by atoms with Crippen LogP contribution in [0.25, 0.3) is 5.57 Å². The van der Waals surface area contributed by atoms with Gasteiger partial charge in [0.2, 0.25) is 0 Å². The van der Waals surface area contributed by atoms with Crippen molar-refractivity contribution in [3.8, 4) is 11.5 Å². The molecule has 2 N–H and O–H groups in total. The van der Waals surface area contributed by atoms with Crippen LogP contribution in [-0.4, -0.2) is 16.0 Å². The van der Waals surface area contributed by atoms with Crippen LogP contribution in [0.1, 0.15) is 11.1 Å². The molecule has 0 saturated carbocycles. The van der Waals surface area contributed by atoms with E-state index >= 15 is 0 Å². The molecule has 0 aliphatic rings. The number of rotatable bonds is 5. The van der Waals surface area contributed by atoms with E-state index in [-0.39, 0.29) is 17.3 Å². The van der Waals surface area contributed by atoms with Gasteiger partial charge >= 0.3 is 0 Å². The number of carbonyl (C=O) groups is 1. The minimum atomic E-state index is -0.192. The number of aromatic hydroxyl groups is 2. The van der Waals surface area contributed by atoms with Crippen molar-refractivity contribution in [3.05, 3.63) is 90.5 Å². The van der Waals surface area contributed by atoms with Crippen molar-refractivity contribution >= 4 is 11.4 Å². The summed E-state index contributed by atoms with van der Waals surface area (Å²) in [5.74, 6) is 0.104. The number of benzene rings is 2. The summed E-state index contributed by atoms with van der Waals surface area (Å²) in [6.45, 7) is 3.41. The fraction of sp³-hybridized carbons (Fsp3) is 0. The SMILES string of the molecule is C=CC(=O)C=CC=C(c1cccc(O)c1)c1cccc(O)c1. The molecule has 0 spiro atoms. The molecular formula is C19H16O3. The van der Waals surface area contributed by atoms with Crippen molar-refractivity contribution in [1.29, 1.82) is 0 Å². The molecule has 0 aromatic heterocycles. The molecule has 22 heavy (non-hydrogen) atoms. The molecule has 0 bridgehead atoms. The summed E-state index contributed by atoms with van der Waals surface area (Å²) < 4.78 is 0. The molecule has 2 aromatic rings. The van der Waals surface area contributed by atoms with Gasteiger partial charge in [0.25, 0.3) is 0 Å². The summed E-state index contributed by atoms with van der Waals surface area (Å²) in [6, 6.07) is 13.6. The summed E-state index contributed by atoms with van der Waals surface area (Å²) in [5.41, 5.74) is 2.34. The predicted octanol–water partition coefficient (Wildman–Crippen LogP) is 3.84. The van der Waals surface area contributed by atoms with Crippen molar-refractivity contribution in [2.75, 3.05) is 0 Å². The molecule has 2 rings (SSSR count). The van der Waals surface area contributed by atoms with Crippen molar-refractivity contribution in [2.24, 2.45) is 0 Å². The van der Waals surface area contributed by atoms with E-state index in [2.05, 4.69) is 6.58 Å². The van der Waals surface area contributed by atoms with Crippen LogP contribution in [0.5, 0.6) is 11.5 Å². The highest BCUT2D eigenvalue weighted by atomic mass is 16.3. The van der Waals surface area contributed by atoms with Crippen molar-refractivity contribution < 1.29 is 15.0 Å². The van der Waals surface area contributed by atoms with Crippen LogP contribution >= 0.6 is 0 Å². The summed E-state index contributed by atoms with van der Waals surface area (Å²) >= 11 is 0. The van der Waals surface area contributed by atoms with Gasteiger partial charge in [0, 0.05) is 0 Å². The minimum Gasteiger partial charge on any atom is -0.508 e. The molecule has 0 heterocycles. The van der Waals surface area contributed by atoms with Crippen molar-refractivity contribution in [3.63, 3.8) is 0 Å². The largest absolute Gasteiger partial charge is 0.508 e. The smallest absolute Gasteiger partial charge is 0.178 e. The first-order valence-corrected chi connectivity index (χ1v) is 6.74. The molecule has 0 atom stereocenters. The first-order chi connectivity index (χ1) is 10.6. The fourth-order valence-electron chi connectivity index (χ4n) is 2.01. The Hall–Kier alpha value is -3.07. The third-order valence-electron chi connectivity index (χ3n) is 3.04. The summed E-state index contributed by atoms with van der Waals surface area (Å²) in [7, 11) is 0. The number of hydrogen-bond donors (Lipinski definition) is 2. The van der Waals surface area contributed by atoms with Gasteiger partial charge in [-0.2, -0.15) is 0 Å². The van der Waals surface area contributed by atoms with Gasteiger partial charge in [-0.1, -0.05) is 43.0 Å². The molecule has 110 valence electrons. The molecular weight excluding hydrogens is 276 g/mol. The van der Waals surface area contributed by atoms with Gasteiger partial charge < -0.3 is 10.2 Å². The van der Waals surface area contributed by atoms with Crippen molar-refractivity contribution in [2.45, 2.75) is 0 Å². The van der Waals surface area contributed by atoms with E-state index in [1.807, 2.05) is 12.1 Å². The number of ketones is 1. The third-order valence-corrected chi connectivity index (χ3v) is 3.04. The van der Waals surface area contributed by atoms with E-state index < -0.39 is 0 Å². The maximum absolute atomic E-state index is 11.3. The zero-order valence-electron chi connectivity index (χ0n) is 11.9. The van der Waals surface area contributed by atoms with Gasteiger partial charge in [-0.3, -0.25) is 4.79 Å². The van der Waals surface area contributed by atoms with E-state index in [4.69, 9.17) is 0 Å². The van der Waals surface area contributed by atoms with Crippen LogP contribution < -0.4 is 0 Å². The highest BCUT2D eigenvalue weighted by molar-refractivity contribution is 5.99. The Bertz CT molecular complexity index is 707. The van der Waals surface area contributed by atoms with E-state index in [9.17, 15) is 15.0 Å². The van der Waals surface area contributed by atoms with Crippen LogP contribution in [0.2, 0.25) is 0 Å². The van der Waals surface area contributed by atoms with E-state index in [0.29, 0.717) is 0 Å². The Kier molecular flexibility index (Phi) is 4.94. The minimum absolute atomic E-state index is 0.148. The predicted molar refractivity (Wildman–Crippen MR) is 87.6 cm³/mol. The Labute approximate surface area is 129 Å². The molecule has 0 radical (unpaired) electrons. The molecule has 0 unspecified atom stereocenters. The Morgan fingerprint density at radius 1 is 0.955 bits per heavy atom. The number of carbonyl (C=O) groups excluding carboxylic acids is 1. The van der Waals surface area contributed by atoms with Crippen LogP contribution in [0, 0.1) is 0 Å². The Morgan fingerprint density at radius 2 is 1.50 bits per heavy atom. The van der Waals surface area contributed by atoms with Crippen molar-refractivity contribution in [1.82, 2.24) is 0 Å². The van der Waals surface area contributed by atoms with Gasteiger partial charge in [0.05, 0.1) is 0 Å². The lowest BCUT2D eigenvalue weighted by Crippen LogP contribution is -1.88. The number of phenols is 2. The van der Waals surface area contributed by atoms with E-state index in [1.165, 1.54) is 12.2 Å². The van der Waals surface area contributed by atoms with Crippen LogP contribution in [-0.2, 0) is 4.79 Å². The molecule has 0 fully saturated rings. The third kappa shape index (κ3) is 3.96. The molecule has 0 aliphatic heterocycles. The first-order valence-electron chi connectivity index (χ1n) is 6.74. The highest BCUT2D eigenvalue weighted by Crippen LogP contribution is 2.28. The van der Waals surface area contributed by atoms with Gasteiger partial charge in [0.15, 0.2) is 5.78 Å². The topological polar surface area (TPSA) is 57.5 Å². The maximum Gasteiger partial charge on any atom is 0.178 e. The second kappa shape index (κ2) is 7.09. The average Bonchev–Trinajstić information content (AvgIpc) is 2.51. The fourth-order valence-corrected chi connectivity index (χ4v) is 2.01. The Balaban J connectivity index is 2.49. The van der Waals surface area contributed by atoms with Gasteiger partial charge in [-0.15, -0.1) is 0 Å². The van der Waals surface area contributed by atoms with E-state index in [1.54, 1.807) is 48.6 Å². The summed E-state index contributed by atoms with van der Waals surface area (Å²) in [6.07, 6.45) is 6.00. The number of phenolic OH excluding ortho intramolecular Hbond substituents is 2. The van der Waals surface area contributed by atoms with Crippen LogP contribution in [0.3, 0.4) is 0 Å². The lowest BCUT2D eigenvalue weighted by molar-refractivity contribution is -0.110. The summed E-state index contributed by atoms with van der Waals surface area (Å²) in [4.78, 5) is 11.3. The quantitative estimate of drug-likeness (QED) is 0.650. The zero-order valence-corrected chi connectivity index (χ0v) is 11.9. The normalized spacial score (nSPS) is 10.4. The molecule has 0 amide bonds. The van der Waals surface area contributed by atoms with E-state index in [0.717, 1.165) is 16.7 Å². The molecule has 0 saturated heterocycles. The standard InChI is InChI=1S/C19H16O3/c1-2-16(20)8-5-11-19(14-6-3-9-17(21)12-14)15-7-4-10-18(22)13-15/h2-13,21-22H,1H2. The second-order valence-electron chi connectivity index (χ2n) is 4.65. The average molecular weight is 292 g/mol. The summed E-state index contributed by atoms with van der Waals surface area (Å²) in [5, 5.41) is 19.3. The van der Waals surface area contributed by atoms with Crippen LogP contribution in [0.4, 0.5) is 0 Å². The molecule has 0 aliphatic carbocycles. The first kappa shape index (κ1) is 15.3. The maximum atomic E-state index is 11.3. The number of hydrogen-bond acceptors (Lipinski definition) is 3. The lowest BCUT2D eigenvalue weighted by Gasteiger charge is -2.09. The number of allylic oxidation sites excluding steroid dienone is 4. The Morgan fingerprint density at radius 3 is 1.95 bits per heavy atom. The van der Waals surface area contributed by atoms with Gasteiger partial charge in [0.1, 0.15) is 11.5 Å². The zero-order chi connectivity index (χ0) is 15.9. The molecule has 3 nitrogen and oxygen atoms in total. The second-order valence-corrected chi connectivity index (χ2v) is 4.65. The highest BCUT2D eigenvalue weighted by Gasteiger charge is 2.06. The van der Waals surface area contributed by atoms with Gasteiger partial charge in [-0.05, 0) is 53.1 Å². The molecule has 2 aromatic carbocycles. The van der Waals surface area contributed by atoms with Gasteiger partial charge in [-0.25, -0.2) is 0 Å². The lowest BCUT2D eigenvalue weighted by atomic mass is 9.97.